The van der Waals surface area contributed by atoms with Crippen LogP contribution in [0, 0.1) is 5.92 Å². The molecule has 5 heteroatoms. The van der Waals surface area contributed by atoms with Crippen molar-refractivity contribution >= 4 is 21.8 Å². The summed E-state index contributed by atoms with van der Waals surface area (Å²) in [4.78, 5) is 17.1. The van der Waals surface area contributed by atoms with Crippen LogP contribution in [0.1, 0.15) is 18.4 Å². The monoisotopic (exact) mass is 365 g/mol. The van der Waals surface area contributed by atoms with Crippen LogP contribution in [-0.2, 0) is 11.3 Å². The maximum Gasteiger partial charge on any atom is 0.225 e. The molecule has 0 saturated carbocycles. The van der Waals surface area contributed by atoms with Crippen molar-refractivity contribution in [3.05, 3.63) is 34.3 Å². The second-order valence-electron chi connectivity index (χ2n) is 6.22. The highest BCUT2D eigenvalue weighted by molar-refractivity contribution is 9.10. The molecule has 0 spiro atoms. The zero-order valence-corrected chi connectivity index (χ0v) is 14.5. The van der Waals surface area contributed by atoms with E-state index in [-0.39, 0.29) is 5.92 Å². The van der Waals surface area contributed by atoms with Gasteiger partial charge in [0, 0.05) is 43.1 Å². The largest absolute Gasteiger partial charge is 0.340 e. The number of amides is 1. The van der Waals surface area contributed by atoms with Crippen molar-refractivity contribution in [2.75, 3.05) is 39.3 Å². The minimum absolute atomic E-state index is 0.246. The molecular weight excluding hydrogens is 342 g/mol. The van der Waals surface area contributed by atoms with Crippen LogP contribution in [0.5, 0.6) is 0 Å². The van der Waals surface area contributed by atoms with Crippen molar-refractivity contribution in [1.82, 2.24) is 15.1 Å². The molecule has 2 aliphatic heterocycles. The third kappa shape index (κ3) is 3.89. The van der Waals surface area contributed by atoms with Crippen LogP contribution in [0.3, 0.4) is 0 Å². The van der Waals surface area contributed by atoms with Crippen LogP contribution in [0.4, 0.5) is 0 Å². The van der Waals surface area contributed by atoms with Crippen LogP contribution in [0.2, 0.25) is 0 Å². The summed E-state index contributed by atoms with van der Waals surface area (Å²) in [5.41, 5.74) is 1.32. The predicted molar refractivity (Wildman–Crippen MR) is 91.6 cm³/mol. The molecule has 1 aromatic rings. The van der Waals surface area contributed by atoms with Gasteiger partial charge in [0.05, 0.1) is 0 Å². The number of halogens is 1. The van der Waals surface area contributed by atoms with Crippen LogP contribution < -0.4 is 5.32 Å². The van der Waals surface area contributed by atoms with E-state index in [4.69, 9.17) is 0 Å². The Hall–Kier alpha value is -0.910. The Balaban J connectivity index is 1.50. The average molecular weight is 366 g/mol. The van der Waals surface area contributed by atoms with E-state index in [9.17, 15) is 4.79 Å². The van der Waals surface area contributed by atoms with Crippen molar-refractivity contribution < 1.29 is 4.79 Å². The lowest BCUT2D eigenvalue weighted by atomic mass is 9.96. The topological polar surface area (TPSA) is 35.6 Å². The highest BCUT2D eigenvalue weighted by atomic mass is 79.9. The van der Waals surface area contributed by atoms with Crippen LogP contribution in [-0.4, -0.2) is 55.0 Å². The lowest BCUT2D eigenvalue weighted by Crippen LogP contribution is -2.51. The molecule has 0 aromatic heterocycles. The fourth-order valence-electron chi connectivity index (χ4n) is 3.32. The summed E-state index contributed by atoms with van der Waals surface area (Å²) in [5.74, 6) is 0.623. The number of carbonyl (C=O) groups is 1. The molecule has 2 fully saturated rings. The summed E-state index contributed by atoms with van der Waals surface area (Å²) < 4.78 is 1.17. The molecule has 2 aliphatic rings. The van der Waals surface area contributed by atoms with E-state index in [0.29, 0.717) is 5.91 Å². The van der Waals surface area contributed by atoms with E-state index in [1.807, 2.05) is 6.07 Å². The molecule has 1 N–H and O–H groups in total. The number of hydrogen-bond acceptors (Lipinski definition) is 3. The van der Waals surface area contributed by atoms with Crippen LogP contribution >= 0.6 is 15.9 Å². The molecule has 4 nitrogen and oxygen atoms in total. The maximum atomic E-state index is 12.5. The lowest BCUT2D eigenvalue weighted by Gasteiger charge is -2.37. The molecule has 0 bridgehead atoms. The summed E-state index contributed by atoms with van der Waals surface area (Å²) >= 11 is 3.61. The van der Waals surface area contributed by atoms with E-state index in [1.54, 1.807) is 0 Å². The summed E-state index contributed by atoms with van der Waals surface area (Å²) in [7, 11) is 0. The zero-order chi connectivity index (χ0) is 15.4. The summed E-state index contributed by atoms with van der Waals surface area (Å²) in [6, 6.07) is 8.38. The fraction of sp³-hybridized carbons (Fsp3) is 0.588. The maximum absolute atomic E-state index is 12.5. The molecule has 0 aliphatic carbocycles. The highest BCUT2D eigenvalue weighted by Gasteiger charge is 2.28. The van der Waals surface area contributed by atoms with Gasteiger partial charge in [0.25, 0.3) is 0 Å². The molecule has 120 valence electrons. The van der Waals surface area contributed by atoms with Gasteiger partial charge in [-0.05, 0) is 37.6 Å². The first-order valence-electron chi connectivity index (χ1n) is 8.19. The first-order chi connectivity index (χ1) is 10.7. The Morgan fingerprint density at radius 2 is 1.82 bits per heavy atom. The van der Waals surface area contributed by atoms with Gasteiger partial charge in [-0.1, -0.05) is 34.1 Å². The Morgan fingerprint density at radius 3 is 2.50 bits per heavy atom. The van der Waals surface area contributed by atoms with Gasteiger partial charge in [0.15, 0.2) is 0 Å². The first-order valence-corrected chi connectivity index (χ1v) is 8.98. The predicted octanol–water partition coefficient (Wildman–Crippen LogP) is 2.09. The van der Waals surface area contributed by atoms with E-state index in [0.717, 1.165) is 58.7 Å². The van der Waals surface area contributed by atoms with Crippen LogP contribution in [0.15, 0.2) is 28.7 Å². The van der Waals surface area contributed by atoms with Crippen molar-refractivity contribution in [1.29, 1.82) is 0 Å². The lowest BCUT2D eigenvalue weighted by molar-refractivity contribution is -0.138. The Morgan fingerprint density at radius 1 is 1.14 bits per heavy atom. The first kappa shape index (κ1) is 16.0. The SMILES string of the molecule is O=C(C1CCNCC1)N1CCN(Cc2ccccc2Br)CC1. The molecule has 2 heterocycles. The molecule has 1 amide bonds. The van der Waals surface area contributed by atoms with Crippen molar-refractivity contribution in [2.24, 2.45) is 5.92 Å². The van der Waals surface area contributed by atoms with E-state index in [1.165, 1.54) is 10.0 Å². The molecule has 2 saturated heterocycles. The van der Waals surface area contributed by atoms with Crippen LogP contribution in [0.25, 0.3) is 0 Å². The molecule has 0 unspecified atom stereocenters. The van der Waals surface area contributed by atoms with Crippen molar-refractivity contribution in [3.63, 3.8) is 0 Å². The van der Waals surface area contributed by atoms with Crippen molar-refractivity contribution in [2.45, 2.75) is 19.4 Å². The molecule has 1 aromatic carbocycles. The Labute approximate surface area is 141 Å². The second kappa shape index (κ2) is 7.57. The summed E-state index contributed by atoms with van der Waals surface area (Å²) in [6.45, 7) is 6.60. The van der Waals surface area contributed by atoms with Gasteiger partial charge in [0.2, 0.25) is 5.91 Å². The zero-order valence-electron chi connectivity index (χ0n) is 12.9. The number of piperazine rings is 1. The normalized spacial score (nSPS) is 21.0. The standard InChI is InChI=1S/C17H24BrN3O/c18-16-4-2-1-3-15(16)13-20-9-11-21(12-10-20)17(22)14-5-7-19-8-6-14/h1-4,14,19H,5-13H2. The van der Waals surface area contributed by atoms with Gasteiger partial charge < -0.3 is 10.2 Å². The van der Waals surface area contributed by atoms with E-state index < -0.39 is 0 Å². The molecule has 0 radical (unpaired) electrons. The number of benzene rings is 1. The number of hydrogen-bond donors (Lipinski definition) is 1. The van der Waals surface area contributed by atoms with Gasteiger partial charge in [-0.15, -0.1) is 0 Å². The third-order valence-electron chi connectivity index (χ3n) is 4.72. The fourth-order valence-corrected chi connectivity index (χ4v) is 3.73. The van der Waals surface area contributed by atoms with E-state index in [2.05, 4.69) is 49.2 Å². The number of piperidine rings is 1. The average Bonchev–Trinajstić information content (AvgIpc) is 2.58. The molecule has 0 atom stereocenters. The summed E-state index contributed by atoms with van der Waals surface area (Å²) in [6.07, 6.45) is 1.99. The molecule has 22 heavy (non-hydrogen) atoms. The Kier molecular flexibility index (Phi) is 5.50. The molecule has 3 rings (SSSR count). The number of nitrogens with one attached hydrogen (secondary N) is 1. The highest BCUT2D eigenvalue weighted by Crippen LogP contribution is 2.20. The van der Waals surface area contributed by atoms with Gasteiger partial charge in [0.1, 0.15) is 0 Å². The smallest absolute Gasteiger partial charge is 0.225 e. The molecular formula is C17H24BrN3O. The van der Waals surface area contributed by atoms with Gasteiger partial charge in [-0.3, -0.25) is 9.69 Å². The summed E-state index contributed by atoms with van der Waals surface area (Å²) in [5, 5.41) is 3.33. The number of carbonyl (C=O) groups excluding carboxylic acids is 1. The van der Waals surface area contributed by atoms with Gasteiger partial charge in [-0.25, -0.2) is 0 Å². The minimum atomic E-state index is 0.246. The van der Waals surface area contributed by atoms with Crippen molar-refractivity contribution in [3.8, 4) is 0 Å². The Bertz CT molecular complexity index is 508. The number of rotatable bonds is 3. The minimum Gasteiger partial charge on any atom is -0.340 e. The van der Waals surface area contributed by atoms with E-state index >= 15 is 0 Å². The second-order valence-corrected chi connectivity index (χ2v) is 7.07. The number of nitrogens with zero attached hydrogens (tertiary/aromatic N) is 2. The van der Waals surface area contributed by atoms with Gasteiger partial charge >= 0.3 is 0 Å². The quantitative estimate of drug-likeness (QED) is 0.890. The third-order valence-corrected chi connectivity index (χ3v) is 5.50. The van der Waals surface area contributed by atoms with Gasteiger partial charge in [-0.2, -0.15) is 0 Å².